The van der Waals surface area contributed by atoms with Crippen LogP contribution in [0.3, 0.4) is 0 Å². The van der Waals surface area contributed by atoms with Crippen LogP contribution in [-0.4, -0.2) is 41.7 Å². The van der Waals surface area contributed by atoms with Crippen molar-refractivity contribution in [2.75, 3.05) is 19.7 Å². The molecular formula is C17H24N2O3. The number of phenols is 1. The van der Waals surface area contributed by atoms with Crippen LogP contribution in [0.2, 0.25) is 0 Å². The van der Waals surface area contributed by atoms with Gasteiger partial charge in [0.1, 0.15) is 0 Å². The number of nitrogens with one attached hydrogen (secondary N) is 1. The summed E-state index contributed by atoms with van der Waals surface area (Å²) in [5.41, 5.74) is 1.12. The molecule has 0 aromatic heterocycles. The number of carbonyl (C=O) groups is 1. The molecule has 5 heteroatoms. The van der Waals surface area contributed by atoms with Crippen LogP contribution in [0.5, 0.6) is 11.5 Å². The highest BCUT2D eigenvalue weighted by molar-refractivity contribution is 5.87. The second-order valence-corrected chi connectivity index (χ2v) is 5.50. The maximum atomic E-state index is 11.3. The summed E-state index contributed by atoms with van der Waals surface area (Å²) in [6, 6.07) is 5.73. The first-order valence-corrected chi connectivity index (χ1v) is 7.72. The normalized spacial score (nSPS) is 16.2. The molecule has 0 unspecified atom stereocenters. The van der Waals surface area contributed by atoms with Crippen molar-refractivity contribution in [3.8, 4) is 11.5 Å². The fourth-order valence-corrected chi connectivity index (χ4v) is 2.68. The van der Waals surface area contributed by atoms with E-state index < -0.39 is 0 Å². The number of piperidine rings is 1. The van der Waals surface area contributed by atoms with Crippen LogP contribution >= 0.6 is 0 Å². The van der Waals surface area contributed by atoms with E-state index in [0.717, 1.165) is 38.0 Å². The largest absolute Gasteiger partial charge is 0.504 e. The molecule has 22 heavy (non-hydrogen) atoms. The fraction of sp³-hybridized carbons (Fsp3) is 0.471. The topological polar surface area (TPSA) is 61.8 Å². The third kappa shape index (κ3) is 4.49. The van der Waals surface area contributed by atoms with Gasteiger partial charge in [0.2, 0.25) is 5.91 Å². The maximum absolute atomic E-state index is 11.3. The van der Waals surface area contributed by atoms with Gasteiger partial charge in [0.15, 0.2) is 11.5 Å². The van der Waals surface area contributed by atoms with Crippen molar-refractivity contribution in [3.05, 3.63) is 36.4 Å². The van der Waals surface area contributed by atoms with Gasteiger partial charge in [-0.15, -0.1) is 0 Å². The molecule has 1 fully saturated rings. The third-order valence-corrected chi connectivity index (χ3v) is 3.85. The van der Waals surface area contributed by atoms with Crippen molar-refractivity contribution in [1.29, 1.82) is 0 Å². The van der Waals surface area contributed by atoms with Crippen LogP contribution in [0.1, 0.15) is 25.3 Å². The molecule has 1 heterocycles. The van der Waals surface area contributed by atoms with Crippen molar-refractivity contribution < 1.29 is 14.6 Å². The van der Waals surface area contributed by atoms with E-state index in [2.05, 4.69) is 16.8 Å². The summed E-state index contributed by atoms with van der Waals surface area (Å²) in [6.45, 7) is 8.60. The molecule has 120 valence electrons. The number of rotatable bonds is 6. The molecule has 5 nitrogen and oxygen atoms in total. The molecule has 0 aliphatic carbocycles. The Balaban J connectivity index is 1.86. The second kappa shape index (κ2) is 7.84. The highest BCUT2D eigenvalue weighted by Gasteiger charge is 2.20. The van der Waals surface area contributed by atoms with Crippen molar-refractivity contribution in [3.63, 3.8) is 0 Å². The van der Waals surface area contributed by atoms with E-state index in [1.807, 2.05) is 19.1 Å². The van der Waals surface area contributed by atoms with E-state index in [-0.39, 0.29) is 17.7 Å². The van der Waals surface area contributed by atoms with Gasteiger partial charge in [-0.05, 0) is 43.5 Å². The van der Waals surface area contributed by atoms with Crippen LogP contribution < -0.4 is 10.1 Å². The lowest BCUT2D eigenvalue weighted by Crippen LogP contribution is -2.43. The molecule has 1 amide bonds. The first-order chi connectivity index (χ1) is 10.6. The summed E-state index contributed by atoms with van der Waals surface area (Å²) in [4.78, 5) is 13.6. The van der Waals surface area contributed by atoms with E-state index in [0.29, 0.717) is 12.4 Å². The number of phenolic OH excluding ortho intramolecular Hbond substituents is 1. The smallest absolute Gasteiger partial charge is 0.243 e. The minimum absolute atomic E-state index is 0.0988. The van der Waals surface area contributed by atoms with E-state index in [1.54, 1.807) is 6.07 Å². The molecule has 0 radical (unpaired) electrons. The first kappa shape index (κ1) is 16.4. The molecule has 1 aliphatic heterocycles. The van der Waals surface area contributed by atoms with E-state index in [9.17, 15) is 9.90 Å². The van der Waals surface area contributed by atoms with Crippen LogP contribution in [0, 0.1) is 0 Å². The van der Waals surface area contributed by atoms with Gasteiger partial charge in [-0.3, -0.25) is 9.69 Å². The molecular weight excluding hydrogens is 280 g/mol. The number of amides is 1. The number of hydrogen-bond acceptors (Lipinski definition) is 4. The number of hydrogen-bond donors (Lipinski definition) is 2. The van der Waals surface area contributed by atoms with Gasteiger partial charge in [0, 0.05) is 25.7 Å². The van der Waals surface area contributed by atoms with E-state index in [1.165, 1.54) is 6.08 Å². The number of carbonyl (C=O) groups excluding carboxylic acids is 1. The van der Waals surface area contributed by atoms with Crippen LogP contribution in [0.25, 0.3) is 0 Å². The summed E-state index contributed by atoms with van der Waals surface area (Å²) >= 11 is 0. The monoisotopic (exact) mass is 304 g/mol. The predicted molar refractivity (Wildman–Crippen MR) is 85.9 cm³/mol. The van der Waals surface area contributed by atoms with Crippen LogP contribution in [0.15, 0.2) is 30.9 Å². The fourth-order valence-electron chi connectivity index (χ4n) is 2.68. The zero-order valence-corrected chi connectivity index (χ0v) is 13.0. The Hall–Kier alpha value is -2.01. The molecule has 1 saturated heterocycles. The molecule has 2 rings (SSSR count). The van der Waals surface area contributed by atoms with Gasteiger partial charge in [-0.25, -0.2) is 0 Å². The molecule has 1 aromatic rings. The lowest BCUT2D eigenvalue weighted by molar-refractivity contribution is -0.117. The summed E-state index contributed by atoms with van der Waals surface area (Å²) in [5.74, 6) is 0.614. The summed E-state index contributed by atoms with van der Waals surface area (Å²) in [7, 11) is 0. The number of benzene rings is 1. The Kier molecular flexibility index (Phi) is 5.83. The Morgan fingerprint density at radius 3 is 2.86 bits per heavy atom. The molecule has 0 spiro atoms. The summed E-state index contributed by atoms with van der Waals surface area (Å²) in [5, 5.41) is 12.7. The number of ether oxygens (including phenoxy) is 1. The highest BCUT2D eigenvalue weighted by atomic mass is 16.5. The molecule has 0 bridgehead atoms. The van der Waals surface area contributed by atoms with Crippen molar-refractivity contribution in [1.82, 2.24) is 10.2 Å². The molecule has 2 N–H and O–H groups in total. The Labute approximate surface area is 131 Å². The molecule has 0 saturated carbocycles. The Morgan fingerprint density at radius 1 is 1.50 bits per heavy atom. The van der Waals surface area contributed by atoms with E-state index >= 15 is 0 Å². The molecule has 1 aliphatic rings. The minimum Gasteiger partial charge on any atom is -0.504 e. The van der Waals surface area contributed by atoms with E-state index in [4.69, 9.17) is 4.74 Å². The SMILES string of the molecule is C=CC(=O)NC1CCN(Cc2ccc(O)c(OCC)c2)CC1. The second-order valence-electron chi connectivity index (χ2n) is 5.50. The Morgan fingerprint density at radius 2 is 2.23 bits per heavy atom. The lowest BCUT2D eigenvalue weighted by Gasteiger charge is -2.32. The van der Waals surface area contributed by atoms with Gasteiger partial charge < -0.3 is 15.2 Å². The average Bonchev–Trinajstić information content (AvgIpc) is 2.52. The predicted octanol–water partition coefficient (Wildman–Crippen LogP) is 2.06. The average molecular weight is 304 g/mol. The van der Waals surface area contributed by atoms with Crippen molar-refractivity contribution >= 4 is 5.91 Å². The van der Waals surface area contributed by atoms with Gasteiger partial charge in [0.25, 0.3) is 0 Å². The van der Waals surface area contributed by atoms with Crippen LogP contribution in [0.4, 0.5) is 0 Å². The zero-order chi connectivity index (χ0) is 15.9. The first-order valence-electron chi connectivity index (χ1n) is 7.72. The molecule has 0 atom stereocenters. The third-order valence-electron chi connectivity index (χ3n) is 3.85. The maximum Gasteiger partial charge on any atom is 0.243 e. The number of nitrogens with zero attached hydrogens (tertiary/aromatic N) is 1. The highest BCUT2D eigenvalue weighted by Crippen LogP contribution is 2.27. The van der Waals surface area contributed by atoms with Crippen LogP contribution in [-0.2, 0) is 11.3 Å². The van der Waals surface area contributed by atoms with Gasteiger partial charge in [-0.2, -0.15) is 0 Å². The minimum atomic E-state index is -0.0988. The molecule has 1 aromatic carbocycles. The standard InChI is InChI=1S/C17H24N2O3/c1-3-17(21)18-14-7-9-19(10-8-14)12-13-5-6-15(20)16(11-13)22-4-2/h3,5-6,11,14,20H,1,4,7-10,12H2,2H3,(H,18,21). The van der Waals surface area contributed by atoms with Gasteiger partial charge >= 0.3 is 0 Å². The quantitative estimate of drug-likeness (QED) is 0.790. The number of aromatic hydroxyl groups is 1. The number of likely N-dealkylation sites (tertiary alicyclic amines) is 1. The Bertz CT molecular complexity index is 523. The van der Waals surface area contributed by atoms with Crippen molar-refractivity contribution in [2.24, 2.45) is 0 Å². The summed E-state index contributed by atoms with van der Waals surface area (Å²) in [6.07, 6.45) is 3.20. The van der Waals surface area contributed by atoms with Gasteiger partial charge in [-0.1, -0.05) is 12.6 Å². The lowest BCUT2D eigenvalue weighted by atomic mass is 10.0. The van der Waals surface area contributed by atoms with Crippen molar-refractivity contribution in [2.45, 2.75) is 32.4 Å². The zero-order valence-electron chi connectivity index (χ0n) is 13.0. The van der Waals surface area contributed by atoms with Gasteiger partial charge in [0.05, 0.1) is 6.61 Å². The summed E-state index contributed by atoms with van der Waals surface area (Å²) < 4.78 is 5.41.